The number of aryl methyl sites for hydroxylation is 1. The van der Waals surface area contributed by atoms with Gasteiger partial charge in [0.1, 0.15) is 6.54 Å². The molecule has 0 heterocycles. The molecule has 0 radical (unpaired) electrons. The number of nitrogens with zero attached hydrogens (tertiary/aromatic N) is 2. The molecule has 0 saturated heterocycles. The van der Waals surface area contributed by atoms with Crippen molar-refractivity contribution >= 4 is 51.2 Å². The minimum Gasteiger partial charge on any atom is -0.271 e. The quantitative estimate of drug-likeness (QED) is 0.283. The number of nitrogens with one attached hydrogen (secondary N) is 1. The van der Waals surface area contributed by atoms with Crippen LogP contribution in [0.3, 0.4) is 0 Å². The van der Waals surface area contributed by atoms with E-state index in [1.54, 1.807) is 49.0 Å². The highest BCUT2D eigenvalue weighted by molar-refractivity contribution is 7.98. The van der Waals surface area contributed by atoms with E-state index in [9.17, 15) is 13.2 Å². The summed E-state index contributed by atoms with van der Waals surface area (Å²) in [5.41, 5.74) is 4.20. The van der Waals surface area contributed by atoms with Crippen molar-refractivity contribution in [2.45, 2.75) is 16.7 Å². The van der Waals surface area contributed by atoms with Gasteiger partial charge >= 0.3 is 0 Å². The van der Waals surface area contributed by atoms with Crippen LogP contribution >= 0.6 is 23.4 Å². The van der Waals surface area contributed by atoms with Crippen molar-refractivity contribution in [2.24, 2.45) is 5.10 Å². The number of carbonyl (C=O) groups is 1. The zero-order valence-corrected chi connectivity index (χ0v) is 19.9. The normalized spacial score (nSPS) is 11.5. The number of carbonyl (C=O) groups excluding carboxylic acids is 1. The molecule has 0 aliphatic carbocycles. The summed E-state index contributed by atoms with van der Waals surface area (Å²) in [5.74, 6) is -0.583. The van der Waals surface area contributed by atoms with Crippen molar-refractivity contribution in [2.75, 3.05) is 17.1 Å². The van der Waals surface area contributed by atoms with Gasteiger partial charge in [-0.25, -0.2) is 13.8 Å². The van der Waals surface area contributed by atoms with Gasteiger partial charge in [0.05, 0.1) is 16.8 Å². The van der Waals surface area contributed by atoms with Gasteiger partial charge in [-0.3, -0.25) is 9.10 Å². The van der Waals surface area contributed by atoms with Crippen molar-refractivity contribution in [3.05, 3.63) is 88.9 Å². The Morgan fingerprint density at radius 2 is 1.78 bits per heavy atom. The fourth-order valence-electron chi connectivity index (χ4n) is 2.91. The first-order valence-electron chi connectivity index (χ1n) is 9.61. The van der Waals surface area contributed by atoms with Crippen LogP contribution in [0.4, 0.5) is 5.69 Å². The zero-order chi connectivity index (χ0) is 23.1. The smallest absolute Gasteiger partial charge is 0.264 e. The van der Waals surface area contributed by atoms with E-state index in [4.69, 9.17) is 11.6 Å². The number of benzene rings is 3. The lowest BCUT2D eigenvalue weighted by Gasteiger charge is -2.25. The van der Waals surface area contributed by atoms with Crippen LogP contribution in [0.15, 0.2) is 87.7 Å². The molecule has 166 valence electrons. The van der Waals surface area contributed by atoms with E-state index in [0.29, 0.717) is 16.3 Å². The highest BCUT2D eigenvalue weighted by atomic mass is 35.5. The molecule has 0 aromatic heterocycles. The number of hydrazone groups is 1. The molecule has 0 saturated carbocycles. The van der Waals surface area contributed by atoms with Crippen LogP contribution in [0.1, 0.15) is 11.1 Å². The maximum absolute atomic E-state index is 13.3. The maximum atomic E-state index is 13.3. The molecule has 0 aliphatic rings. The first-order chi connectivity index (χ1) is 15.3. The third kappa shape index (κ3) is 5.91. The fraction of sp³-hybridized carbons (Fsp3) is 0.130. The monoisotopic (exact) mass is 487 g/mol. The molecular weight excluding hydrogens is 466 g/mol. The maximum Gasteiger partial charge on any atom is 0.264 e. The fourth-order valence-corrected chi connectivity index (χ4v) is 4.98. The Balaban J connectivity index is 1.84. The van der Waals surface area contributed by atoms with E-state index in [0.717, 1.165) is 14.8 Å². The highest BCUT2D eigenvalue weighted by Crippen LogP contribution is 2.29. The van der Waals surface area contributed by atoms with Crippen LogP contribution in [0.25, 0.3) is 0 Å². The summed E-state index contributed by atoms with van der Waals surface area (Å²) in [6.07, 6.45) is 3.49. The molecule has 3 rings (SSSR count). The van der Waals surface area contributed by atoms with Gasteiger partial charge in [0, 0.05) is 9.92 Å². The topological polar surface area (TPSA) is 78.8 Å². The van der Waals surface area contributed by atoms with Gasteiger partial charge in [0.25, 0.3) is 15.9 Å². The molecule has 6 nitrogen and oxygen atoms in total. The average Bonchev–Trinajstić information content (AvgIpc) is 2.80. The molecule has 0 atom stereocenters. The van der Waals surface area contributed by atoms with Crippen molar-refractivity contribution in [1.82, 2.24) is 5.43 Å². The third-order valence-corrected chi connectivity index (χ3v) is 7.33. The van der Waals surface area contributed by atoms with Gasteiger partial charge in [-0.05, 0) is 60.7 Å². The number of rotatable bonds is 8. The molecule has 1 amide bonds. The van der Waals surface area contributed by atoms with E-state index in [-0.39, 0.29) is 4.90 Å². The lowest BCUT2D eigenvalue weighted by atomic mass is 10.2. The summed E-state index contributed by atoms with van der Waals surface area (Å²) in [6.45, 7) is 1.30. The largest absolute Gasteiger partial charge is 0.271 e. The molecule has 0 unspecified atom stereocenters. The van der Waals surface area contributed by atoms with E-state index in [1.807, 2.05) is 30.5 Å². The Bertz CT molecular complexity index is 1210. The Kier molecular flexibility index (Phi) is 7.95. The molecule has 32 heavy (non-hydrogen) atoms. The molecule has 0 fully saturated rings. The summed E-state index contributed by atoms with van der Waals surface area (Å²) in [7, 11) is -4.01. The van der Waals surface area contributed by atoms with Crippen LogP contribution in [-0.2, 0) is 14.8 Å². The van der Waals surface area contributed by atoms with E-state index < -0.39 is 22.5 Å². The Labute approximate surface area is 197 Å². The number of hydrogen-bond acceptors (Lipinski definition) is 5. The molecule has 1 N–H and O–H groups in total. The summed E-state index contributed by atoms with van der Waals surface area (Å²) in [5, 5.41) is 4.33. The van der Waals surface area contributed by atoms with Gasteiger partial charge in [-0.2, -0.15) is 5.10 Å². The van der Waals surface area contributed by atoms with Crippen LogP contribution in [-0.4, -0.2) is 33.3 Å². The van der Waals surface area contributed by atoms with Gasteiger partial charge in [0.15, 0.2) is 0 Å². The molecule has 0 bridgehead atoms. The van der Waals surface area contributed by atoms with Gasteiger partial charge in [-0.1, -0.05) is 48.0 Å². The number of thioether (sulfide) groups is 1. The Morgan fingerprint density at radius 3 is 2.44 bits per heavy atom. The molecule has 3 aromatic carbocycles. The second kappa shape index (κ2) is 10.7. The van der Waals surface area contributed by atoms with Crippen molar-refractivity contribution in [3.63, 3.8) is 0 Å². The molecular formula is C23H22ClN3O3S2. The van der Waals surface area contributed by atoms with Crippen LogP contribution in [0.5, 0.6) is 0 Å². The summed E-state index contributed by atoms with van der Waals surface area (Å²) >= 11 is 7.75. The first-order valence-corrected chi connectivity index (χ1v) is 12.7. The van der Waals surface area contributed by atoms with Crippen molar-refractivity contribution in [1.29, 1.82) is 0 Å². The summed E-state index contributed by atoms with van der Waals surface area (Å²) < 4.78 is 27.7. The van der Waals surface area contributed by atoms with Crippen LogP contribution in [0.2, 0.25) is 5.02 Å². The van der Waals surface area contributed by atoms with E-state index >= 15 is 0 Å². The van der Waals surface area contributed by atoms with Crippen molar-refractivity contribution < 1.29 is 13.2 Å². The Hall–Kier alpha value is -2.81. The van der Waals surface area contributed by atoms with Gasteiger partial charge in [0.2, 0.25) is 0 Å². The molecule has 0 spiro atoms. The van der Waals surface area contributed by atoms with E-state index in [2.05, 4.69) is 10.5 Å². The van der Waals surface area contributed by atoms with Crippen molar-refractivity contribution in [3.8, 4) is 0 Å². The number of anilines is 1. The predicted molar refractivity (Wildman–Crippen MR) is 131 cm³/mol. The van der Waals surface area contributed by atoms with Crippen LogP contribution in [0, 0.1) is 6.92 Å². The number of hydrogen-bond donors (Lipinski definition) is 1. The minimum absolute atomic E-state index is 0.0737. The second-order valence-corrected chi connectivity index (χ2v) is 10.0. The SMILES string of the molecule is CSc1ccc(/C=N\NC(=O)CN(c2cc(Cl)ccc2C)S(=O)(=O)c2ccccc2)cc1. The van der Waals surface area contributed by atoms with Crippen LogP contribution < -0.4 is 9.73 Å². The standard InChI is InChI=1S/C23H22ClN3O3S2/c1-17-8-11-19(24)14-22(17)27(32(29,30)21-6-4-3-5-7-21)16-23(28)26-25-15-18-9-12-20(31-2)13-10-18/h3-15H,16H2,1-2H3,(H,26,28)/b25-15-. The second-order valence-electron chi connectivity index (χ2n) is 6.82. The molecule has 3 aromatic rings. The number of amides is 1. The minimum atomic E-state index is -4.01. The first kappa shape index (κ1) is 23.8. The Morgan fingerprint density at radius 1 is 1.09 bits per heavy atom. The van der Waals surface area contributed by atoms with Gasteiger partial charge in [-0.15, -0.1) is 11.8 Å². The van der Waals surface area contributed by atoms with Gasteiger partial charge < -0.3 is 0 Å². The predicted octanol–water partition coefficient (Wildman–Crippen LogP) is 4.72. The lowest BCUT2D eigenvalue weighted by molar-refractivity contribution is -0.119. The van der Waals surface area contributed by atoms with E-state index in [1.165, 1.54) is 24.4 Å². The summed E-state index contributed by atoms with van der Waals surface area (Å²) in [4.78, 5) is 13.8. The average molecular weight is 488 g/mol. The summed E-state index contributed by atoms with van der Waals surface area (Å²) in [6, 6.07) is 20.5. The highest BCUT2D eigenvalue weighted by Gasteiger charge is 2.28. The zero-order valence-electron chi connectivity index (χ0n) is 17.5. The lowest BCUT2D eigenvalue weighted by Crippen LogP contribution is -2.40. The number of sulfonamides is 1. The third-order valence-electron chi connectivity index (χ3n) is 4.58. The molecule has 9 heteroatoms. The molecule has 0 aliphatic heterocycles. The number of halogens is 1.